The third-order valence-electron chi connectivity index (χ3n) is 2.83. The van der Waals surface area contributed by atoms with Crippen molar-refractivity contribution >= 4 is 26.9 Å². The molecular weight excluding hydrogens is 284 g/mol. The number of methoxy groups -OCH3 is 2. The molecule has 0 saturated heterocycles. The van der Waals surface area contributed by atoms with Gasteiger partial charge < -0.3 is 9.47 Å². The number of benzene rings is 2. The van der Waals surface area contributed by atoms with E-state index in [2.05, 4.69) is 4.74 Å². The summed E-state index contributed by atoms with van der Waals surface area (Å²) in [7, 11) is -1.64. The molecule has 0 heterocycles. The lowest BCUT2D eigenvalue weighted by molar-refractivity contribution is 0.0597. The lowest BCUT2D eigenvalue weighted by Gasteiger charge is -2.09. The summed E-state index contributed by atoms with van der Waals surface area (Å²) in [5.74, 6) is -0.273. The summed E-state index contributed by atoms with van der Waals surface area (Å²) >= 11 is 0. The molecule has 7 heteroatoms. The third kappa shape index (κ3) is 2.59. The van der Waals surface area contributed by atoms with Crippen LogP contribution in [0.25, 0.3) is 10.8 Å². The maximum atomic E-state index is 11.6. The number of rotatable bonds is 3. The average Bonchev–Trinajstić information content (AvgIpc) is 2.43. The van der Waals surface area contributed by atoms with Gasteiger partial charge in [-0.3, -0.25) is 4.55 Å². The molecule has 0 aromatic heterocycles. The van der Waals surface area contributed by atoms with E-state index in [4.69, 9.17) is 9.29 Å². The van der Waals surface area contributed by atoms with Gasteiger partial charge in [0.2, 0.25) is 0 Å². The minimum atomic E-state index is -4.30. The Hall–Kier alpha value is -2.12. The molecule has 0 atom stereocenters. The molecule has 0 unspecified atom stereocenters. The van der Waals surface area contributed by atoms with Gasteiger partial charge >= 0.3 is 5.97 Å². The first-order chi connectivity index (χ1) is 9.36. The predicted octanol–water partition coefficient (Wildman–Crippen LogP) is 1.88. The Morgan fingerprint density at radius 2 is 1.80 bits per heavy atom. The van der Waals surface area contributed by atoms with Gasteiger partial charge in [0.25, 0.3) is 10.1 Å². The highest BCUT2D eigenvalue weighted by Gasteiger charge is 2.16. The van der Waals surface area contributed by atoms with Gasteiger partial charge in [-0.1, -0.05) is 6.07 Å². The van der Waals surface area contributed by atoms with E-state index in [1.807, 2.05) is 0 Å². The summed E-state index contributed by atoms with van der Waals surface area (Å²) in [4.78, 5) is 11.4. The molecule has 6 nitrogen and oxygen atoms in total. The molecule has 1 N–H and O–H groups in total. The second kappa shape index (κ2) is 5.10. The largest absolute Gasteiger partial charge is 0.496 e. The summed E-state index contributed by atoms with van der Waals surface area (Å²) in [5.41, 5.74) is 0.176. The molecule has 106 valence electrons. The summed E-state index contributed by atoms with van der Waals surface area (Å²) < 4.78 is 41.0. The zero-order chi connectivity index (χ0) is 14.9. The number of hydrogen-bond acceptors (Lipinski definition) is 5. The molecule has 2 rings (SSSR count). The van der Waals surface area contributed by atoms with Crippen LogP contribution in [0.5, 0.6) is 5.75 Å². The van der Waals surface area contributed by atoms with Crippen molar-refractivity contribution in [3.8, 4) is 5.75 Å². The molecule has 0 aliphatic heterocycles. The van der Waals surface area contributed by atoms with Crippen LogP contribution >= 0.6 is 0 Å². The predicted molar refractivity (Wildman–Crippen MR) is 71.7 cm³/mol. The third-order valence-corrected chi connectivity index (χ3v) is 3.68. The maximum absolute atomic E-state index is 11.6. The first-order valence-electron chi connectivity index (χ1n) is 5.54. The van der Waals surface area contributed by atoms with Gasteiger partial charge in [0.05, 0.1) is 19.1 Å². The summed E-state index contributed by atoms with van der Waals surface area (Å²) in [6.07, 6.45) is 0. The van der Waals surface area contributed by atoms with Crippen LogP contribution in [0, 0.1) is 0 Å². The van der Waals surface area contributed by atoms with E-state index < -0.39 is 16.1 Å². The second-order valence-electron chi connectivity index (χ2n) is 4.03. The Morgan fingerprint density at radius 1 is 1.10 bits per heavy atom. The highest BCUT2D eigenvalue weighted by atomic mass is 32.2. The average molecular weight is 296 g/mol. The second-order valence-corrected chi connectivity index (χ2v) is 5.45. The molecule has 0 aliphatic carbocycles. The van der Waals surface area contributed by atoms with E-state index >= 15 is 0 Å². The SMILES string of the molecule is COC(=O)c1cc2cc(S(=O)(=O)O)ccc2cc1OC. The van der Waals surface area contributed by atoms with Gasteiger partial charge in [0, 0.05) is 0 Å². The fourth-order valence-corrected chi connectivity index (χ4v) is 2.37. The minimum Gasteiger partial charge on any atom is -0.496 e. The molecule has 0 fully saturated rings. The number of ether oxygens (including phenoxy) is 2. The highest BCUT2D eigenvalue weighted by Crippen LogP contribution is 2.28. The molecule has 0 radical (unpaired) electrons. The lowest BCUT2D eigenvalue weighted by atomic mass is 10.1. The summed E-state index contributed by atoms with van der Waals surface area (Å²) in [6.45, 7) is 0. The number of esters is 1. The van der Waals surface area contributed by atoms with E-state index in [9.17, 15) is 13.2 Å². The van der Waals surface area contributed by atoms with Crippen LogP contribution in [0.3, 0.4) is 0 Å². The van der Waals surface area contributed by atoms with Crippen molar-refractivity contribution in [2.24, 2.45) is 0 Å². The smallest absolute Gasteiger partial charge is 0.341 e. The Bertz CT molecular complexity index is 779. The van der Waals surface area contributed by atoms with E-state index in [1.54, 1.807) is 6.07 Å². The van der Waals surface area contributed by atoms with Crippen LogP contribution < -0.4 is 4.74 Å². The fourth-order valence-electron chi connectivity index (χ4n) is 1.85. The summed E-state index contributed by atoms with van der Waals surface area (Å²) in [5, 5.41) is 1.14. The van der Waals surface area contributed by atoms with Crippen molar-refractivity contribution < 1.29 is 27.2 Å². The molecule has 0 spiro atoms. The number of carbonyl (C=O) groups excluding carboxylic acids is 1. The zero-order valence-corrected chi connectivity index (χ0v) is 11.6. The molecule has 0 bridgehead atoms. The van der Waals surface area contributed by atoms with Crippen LogP contribution in [0.4, 0.5) is 0 Å². The Kier molecular flexibility index (Phi) is 3.65. The van der Waals surface area contributed by atoms with Crippen molar-refractivity contribution in [1.82, 2.24) is 0 Å². The van der Waals surface area contributed by atoms with Crippen molar-refractivity contribution in [2.45, 2.75) is 4.90 Å². The fraction of sp³-hybridized carbons (Fsp3) is 0.154. The monoisotopic (exact) mass is 296 g/mol. The molecule has 0 saturated carbocycles. The summed E-state index contributed by atoms with van der Waals surface area (Å²) in [6, 6.07) is 7.11. The van der Waals surface area contributed by atoms with Gasteiger partial charge in [-0.2, -0.15) is 8.42 Å². The maximum Gasteiger partial charge on any atom is 0.341 e. The Morgan fingerprint density at radius 3 is 2.35 bits per heavy atom. The van der Waals surface area contributed by atoms with Crippen LogP contribution in [0.2, 0.25) is 0 Å². The van der Waals surface area contributed by atoms with Crippen molar-refractivity contribution in [3.05, 3.63) is 35.9 Å². The number of fused-ring (bicyclic) bond motifs is 1. The quantitative estimate of drug-likeness (QED) is 0.687. The van der Waals surface area contributed by atoms with Gasteiger partial charge in [0.15, 0.2) is 0 Å². The van der Waals surface area contributed by atoms with E-state index in [0.717, 1.165) is 0 Å². The van der Waals surface area contributed by atoms with E-state index in [0.29, 0.717) is 16.5 Å². The number of hydrogen-bond donors (Lipinski definition) is 1. The first kappa shape index (κ1) is 14.3. The zero-order valence-electron chi connectivity index (χ0n) is 10.8. The normalized spacial score (nSPS) is 11.3. The standard InChI is InChI=1S/C13H12O6S/c1-18-12-7-8-3-4-10(20(15,16)17)5-9(8)6-11(12)13(14)19-2/h3-7H,1-2H3,(H,15,16,17). The topological polar surface area (TPSA) is 89.9 Å². The Balaban J connectivity index is 2.73. The molecule has 20 heavy (non-hydrogen) atoms. The van der Waals surface area contributed by atoms with Gasteiger partial charge in [-0.15, -0.1) is 0 Å². The van der Waals surface area contributed by atoms with Crippen molar-refractivity contribution in [2.75, 3.05) is 14.2 Å². The molecule has 0 aliphatic rings. The number of carbonyl (C=O) groups is 1. The minimum absolute atomic E-state index is 0.176. The van der Waals surface area contributed by atoms with Crippen LogP contribution in [-0.2, 0) is 14.9 Å². The van der Waals surface area contributed by atoms with Gasteiger partial charge in [-0.05, 0) is 35.0 Å². The van der Waals surface area contributed by atoms with E-state index in [1.165, 1.54) is 38.5 Å². The van der Waals surface area contributed by atoms with Gasteiger partial charge in [-0.25, -0.2) is 4.79 Å². The van der Waals surface area contributed by atoms with Crippen LogP contribution in [-0.4, -0.2) is 33.2 Å². The van der Waals surface area contributed by atoms with Crippen LogP contribution in [0.15, 0.2) is 35.2 Å². The molecule has 2 aromatic carbocycles. The molecule has 0 amide bonds. The van der Waals surface area contributed by atoms with Crippen molar-refractivity contribution in [3.63, 3.8) is 0 Å². The lowest BCUT2D eigenvalue weighted by Crippen LogP contribution is -2.04. The Labute approximate surface area is 115 Å². The van der Waals surface area contributed by atoms with Gasteiger partial charge in [0.1, 0.15) is 11.3 Å². The first-order valence-corrected chi connectivity index (χ1v) is 6.98. The highest BCUT2D eigenvalue weighted by molar-refractivity contribution is 7.85. The van der Waals surface area contributed by atoms with Crippen molar-refractivity contribution in [1.29, 1.82) is 0 Å². The molecule has 2 aromatic rings. The molecular formula is C13H12O6S. The van der Waals surface area contributed by atoms with E-state index in [-0.39, 0.29) is 10.5 Å². The van der Waals surface area contributed by atoms with Crippen LogP contribution in [0.1, 0.15) is 10.4 Å².